The molecule has 0 atom stereocenters. The number of para-hydroxylation sites is 2. The zero-order valence-electron chi connectivity index (χ0n) is 17.2. The molecular weight excluding hydrogens is 368 g/mol. The third-order valence-corrected chi connectivity index (χ3v) is 5.06. The zero-order valence-corrected chi connectivity index (χ0v) is 17.2. The summed E-state index contributed by atoms with van der Waals surface area (Å²) in [6.45, 7) is 4.19. The largest absolute Gasteiger partial charge is 0.355 e. The SMILES string of the molecule is CNC(=O)c1ccc(CN(C)CC(=O)N2c3ccccc3NC(=O)C2(C)C)cc1. The summed E-state index contributed by atoms with van der Waals surface area (Å²) in [5.74, 6) is -0.497. The maximum absolute atomic E-state index is 13.2. The van der Waals surface area contributed by atoms with Crippen LogP contribution in [0.15, 0.2) is 48.5 Å². The average molecular weight is 394 g/mol. The lowest BCUT2D eigenvalue weighted by Crippen LogP contribution is -2.60. The topological polar surface area (TPSA) is 81.8 Å². The van der Waals surface area contributed by atoms with Gasteiger partial charge in [0.25, 0.3) is 5.91 Å². The molecule has 2 aromatic carbocycles. The van der Waals surface area contributed by atoms with Gasteiger partial charge in [0.2, 0.25) is 11.8 Å². The van der Waals surface area contributed by atoms with E-state index in [1.54, 1.807) is 44.0 Å². The predicted octanol–water partition coefficient (Wildman–Crippen LogP) is 2.24. The molecule has 0 radical (unpaired) electrons. The third-order valence-electron chi connectivity index (χ3n) is 5.06. The van der Waals surface area contributed by atoms with Gasteiger partial charge >= 0.3 is 0 Å². The van der Waals surface area contributed by atoms with E-state index in [4.69, 9.17) is 0 Å². The number of amides is 3. The van der Waals surface area contributed by atoms with Crippen molar-refractivity contribution in [3.8, 4) is 0 Å². The summed E-state index contributed by atoms with van der Waals surface area (Å²) in [6, 6.07) is 14.6. The Morgan fingerprint density at radius 1 is 1.10 bits per heavy atom. The molecule has 2 N–H and O–H groups in total. The summed E-state index contributed by atoms with van der Waals surface area (Å²) in [5.41, 5.74) is 1.93. The summed E-state index contributed by atoms with van der Waals surface area (Å²) in [5, 5.41) is 5.46. The van der Waals surface area contributed by atoms with E-state index < -0.39 is 5.54 Å². The van der Waals surface area contributed by atoms with Gasteiger partial charge in [0, 0.05) is 19.2 Å². The molecule has 0 saturated heterocycles. The van der Waals surface area contributed by atoms with E-state index in [1.165, 1.54) is 0 Å². The first-order valence-corrected chi connectivity index (χ1v) is 9.47. The summed E-state index contributed by atoms with van der Waals surface area (Å²) >= 11 is 0. The van der Waals surface area contributed by atoms with Crippen molar-refractivity contribution in [2.45, 2.75) is 25.9 Å². The molecule has 3 rings (SSSR count). The number of nitrogens with zero attached hydrogens (tertiary/aromatic N) is 2. The standard InChI is InChI=1S/C22H26N4O3/c1-22(2)21(29)24-17-7-5-6-8-18(17)26(22)19(27)14-25(4)13-15-9-11-16(12-10-15)20(28)23-3/h5-12H,13-14H2,1-4H3,(H,23,28)(H,24,29). The summed E-state index contributed by atoms with van der Waals surface area (Å²) in [6.07, 6.45) is 0. The van der Waals surface area contributed by atoms with Gasteiger partial charge in [-0.25, -0.2) is 0 Å². The minimum Gasteiger partial charge on any atom is -0.355 e. The first kappa shape index (κ1) is 20.5. The molecule has 1 aliphatic rings. The number of benzene rings is 2. The normalized spacial score (nSPS) is 14.9. The minimum absolute atomic E-state index is 0.135. The highest BCUT2D eigenvalue weighted by molar-refractivity contribution is 6.14. The fourth-order valence-electron chi connectivity index (χ4n) is 3.47. The van der Waals surface area contributed by atoms with Gasteiger partial charge in [0.1, 0.15) is 5.54 Å². The number of nitrogens with one attached hydrogen (secondary N) is 2. The summed E-state index contributed by atoms with van der Waals surface area (Å²) in [4.78, 5) is 40.8. The van der Waals surface area contributed by atoms with Gasteiger partial charge in [-0.05, 0) is 50.7 Å². The Balaban J connectivity index is 1.73. The van der Waals surface area contributed by atoms with Crippen LogP contribution < -0.4 is 15.5 Å². The van der Waals surface area contributed by atoms with Crippen LogP contribution in [-0.4, -0.2) is 48.8 Å². The second kappa shape index (κ2) is 8.05. The second-order valence-corrected chi connectivity index (χ2v) is 7.71. The molecule has 29 heavy (non-hydrogen) atoms. The Morgan fingerprint density at radius 2 is 1.76 bits per heavy atom. The minimum atomic E-state index is -0.985. The number of rotatable bonds is 5. The molecule has 0 saturated carbocycles. The Labute approximate surface area is 170 Å². The molecule has 0 unspecified atom stereocenters. The number of likely N-dealkylation sites (N-methyl/N-ethyl adjacent to an activating group) is 1. The average Bonchev–Trinajstić information content (AvgIpc) is 2.68. The van der Waals surface area contributed by atoms with E-state index >= 15 is 0 Å². The molecule has 7 heteroatoms. The zero-order chi connectivity index (χ0) is 21.2. The fourth-order valence-corrected chi connectivity index (χ4v) is 3.47. The lowest BCUT2D eigenvalue weighted by molar-refractivity contribution is -0.127. The number of carbonyl (C=O) groups excluding carboxylic acids is 3. The third kappa shape index (κ3) is 4.14. The molecule has 0 bridgehead atoms. The monoisotopic (exact) mass is 394 g/mol. The van der Waals surface area contributed by atoms with Crippen molar-refractivity contribution in [2.75, 3.05) is 30.9 Å². The van der Waals surface area contributed by atoms with E-state index in [1.807, 2.05) is 42.3 Å². The van der Waals surface area contributed by atoms with Crippen LogP contribution in [0.2, 0.25) is 0 Å². The molecule has 152 valence electrons. The van der Waals surface area contributed by atoms with Gasteiger partial charge in [-0.1, -0.05) is 24.3 Å². The van der Waals surface area contributed by atoms with Crippen LogP contribution in [-0.2, 0) is 16.1 Å². The van der Waals surface area contributed by atoms with Crippen molar-refractivity contribution in [2.24, 2.45) is 0 Å². The van der Waals surface area contributed by atoms with E-state index in [9.17, 15) is 14.4 Å². The number of carbonyl (C=O) groups is 3. The van der Waals surface area contributed by atoms with Gasteiger partial charge in [-0.2, -0.15) is 0 Å². The van der Waals surface area contributed by atoms with Crippen LogP contribution in [0, 0.1) is 0 Å². The van der Waals surface area contributed by atoms with Crippen LogP contribution in [0.1, 0.15) is 29.8 Å². The molecule has 0 aliphatic carbocycles. The molecule has 2 aromatic rings. The quantitative estimate of drug-likeness (QED) is 0.815. The Bertz CT molecular complexity index is 937. The second-order valence-electron chi connectivity index (χ2n) is 7.71. The molecule has 3 amide bonds. The highest BCUT2D eigenvalue weighted by atomic mass is 16.2. The fraction of sp³-hybridized carbons (Fsp3) is 0.318. The summed E-state index contributed by atoms with van der Waals surface area (Å²) < 4.78 is 0. The van der Waals surface area contributed by atoms with Gasteiger partial charge in [0.15, 0.2) is 0 Å². The van der Waals surface area contributed by atoms with E-state index in [0.717, 1.165) is 5.56 Å². The Hall–Kier alpha value is -3.19. The first-order chi connectivity index (χ1) is 13.7. The van der Waals surface area contributed by atoms with Crippen molar-refractivity contribution in [1.29, 1.82) is 0 Å². The number of hydrogen-bond acceptors (Lipinski definition) is 4. The van der Waals surface area contributed by atoms with Crippen LogP contribution in [0.3, 0.4) is 0 Å². The number of fused-ring (bicyclic) bond motifs is 1. The van der Waals surface area contributed by atoms with Gasteiger partial charge in [0.05, 0.1) is 17.9 Å². The molecule has 0 spiro atoms. The molecule has 1 aliphatic heterocycles. The molecular formula is C22H26N4O3. The van der Waals surface area contributed by atoms with E-state index in [-0.39, 0.29) is 24.3 Å². The maximum atomic E-state index is 13.2. The van der Waals surface area contributed by atoms with Crippen molar-refractivity contribution in [3.05, 3.63) is 59.7 Å². The first-order valence-electron chi connectivity index (χ1n) is 9.47. The molecule has 1 heterocycles. The van der Waals surface area contributed by atoms with Gasteiger partial charge in [-0.15, -0.1) is 0 Å². The van der Waals surface area contributed by atoms with Crippen LogP contribution in [0.5, 0.6) is 0 Å². The summed E-state index contributed by atoms with van der Waals surface area (Å²) in [7, 11) is 3.45. The highest BCUT2D eigenvalue weighted by Crippen LogP contribution is 2.36. The lowest BCUT2D eigenvalue weighted by Gasteiger charge is -2.42. The molecule has 7 nitrogen and oxygen atoms in total. The Morgan fingerprint density at radius 3 is 2.41 bits per heavy atom. The van der Waals surface area contributed by atoms with Crippen LogP contribution in [0.25, 0.3) is 0 Å². The highest BCUT2D eigenvalue weighted by Gasteiger charge is 2.43. The van der Waals surface area contributed by atoms with Crippen LogP contribution >= 0.6 is 0 Å². The van der Waals surface area contributed by atoms with E-state index in [0.29, 0.717) is 23.5 Å². The molecule has 0 fully saturated rings. The maximum Gasteiger partial charge on any atom is 0.251 e. The predicted molar refractivity (Wildman–Crippen MR) is 113 cm³/mol. The van der Waals surface area contributed by atoms with Crippen molar-refractivity contribution in [3.63, 3.8) is 0 Å². The lowest BCUT2D eigenvalue weighted by atomic mass is 9.96. The van der Waals surface area contributed by atoms with Crippen molar-refractivity contribution < 1.29 is 14.4 Å². The van der Waals surface area contributed by atoms with E-state index in [2.05, 4.69) is 10.6 Å². The van der Waals surface area contributed by atoms with Crippen molar-refractivity contribution in [1.82, 2.24) is 10.2 Å². The van der Waals surface area contributed by atoms with Gasteiger partial charge < -0.3 is 10.6 Å². The number of anilines is 2. The smallest absolute Gasteiger partial charge is 0.251 e. The molecule has 0 aromatic heterocycles. The van der Waals surface area contributed by atoms with Gasteiger partial charge in [-0.3, -0.25) is 24.2 Å². The van der Waals surface area contributed by atoms with Crippen LogP contribution in [0.4, 0.5) is 11.4 Å². The number of hydrogen-bond donors (Lipinski definition) is 2. The van der Waals surface area contributed by atoms with Crippen molar-refractivity contribution >= 4 is 29.1 Å². The Kier molecular flexibility index (Phi) is 5.70.